The van der Waals surface area contributed by atoms with Crippen molar-refractivity contribution in [3.05, 3.63) is 69.1 Å². The summed E-state index contributed by atoms with van der Waals surface area (Å²) in [5.41, 5.74) is 7.32. The topological polar surface area (TPSA) is 60.9 Å². The highest BCUT2D eigenvalue weighted by Crippen LogP contribution is 2.24. The second kappa shape index (κ2) is 5.09. The van der Waals surface area contributed by atoms with Gasteiger partial charge >= 0.3 is 0 Å². The number of hydrogen-bond donors (Lipinski definition) is 1. The zero-order valence-electron chi connectivity index (χ0n) is 10.6. The lowest BCUT2D eigenvalue weighted by Gasteiger charge is -2.09. The molecule has 0 aliphatic heterocycles. The molecule has 0 saturated heterocycles. The van der Waals surface area contributed by atoms with E-state index < -0.39 is 0 Å². The molecule has 0 spiro atoms. The van der Waals surface area contributed by atoms with E-state index in [0.717, 1.165) is 15.4 Å². The zero-order valence-corrected chi connectivity index (χ0v) is 12.2. The molecule has 0 aliphatic carbocycles. The van der Waals surface area contributed by atoms with Gasteiger partial charge < -0.3 is 5.73 Å². The fourth-order valence-electron chi connectivity index (χ4n) is 2.12. The molecule has 1 heterocycles. The SMILES string of the molecule is Nc1cccc(Cn2ncc3ccccc3c2=O)c1Br. The Kier molecular flexibility index (Phi) is 3.28. The van der Waals surface area contributed by atoms with Crippen molar-refractivity contribution in [1.82, 2.24) is 9.78 Å². The summed E-state index contributed by atoms with van der Waals surface area (Å²) in [5, 5.41) is 5.73. The number of fused-ring (bicyclic) bond motifs is 1. The Morgan fingerprint density at radius 3 is 2.80 bits per heavy atom. The molecule has 2 N–H and O–H groups in total. The van der Waals surface area contributed by atoms with E-state index in [-0.39, 0.29) is 5.56 Å². The Morgan fingerprint density at radius 2 is 1.95 bits per heavy atom. The molecular formula is C15H12BrN3O. The van der Waals surface area contributed by atoms with Crippen molar-refractivity contribution in [3.63, 3.8) is 0 Å². The summed E-state index contributed by atoms with van der Waals surface area (Å²) in [5.74, 6) is 0. The van der Waals surface area contributed by atoms with Gasteiger partial charge in [-0.3, -0.25) is 4.79 Å². The maximum Gasteiger partial charge on any atom is 0.274 e. The number of aromatic nitrogens is 2. The summed E-state index contributed by atoms with van der Waals surface area (Å²) in [6.45, 7) is 0.384. The average Bonchev–Trinajstić information content (AvgIpc) is 2.47. The summed E-state index contributed by atoms with van der Waals surface area (Å²) < 4.78 is 2.25. The second-order valence-electron chi connectivity index (χ2n) is 4.51. The summed E-state index contributed by atoms with van der Waals surface area (Å²) in [4.78, 5) is 12.4. The van der Waals surface area contributed by atoms with Crippen LogP contribution in [-0.4, -0.2) is 9.78 Å². The standard InChI is InChI=1S/C15H12BrN3O/c16-14-11(5-3-7-13(14)17)9-19-15(20)12-6-2-1-4-10(12)8-18-19/h1-8H,9,17H2. The molecule has 0 unspecified atom stereocenters. The number of halogens is 1. The van der Waals surface area contributed by atoms with Crippen LogP contribution in [0.2, 0.25) is 0 Å². The largest absolute Gasteiger partial charge is 0.398 e. The van der Waals surface area contributed by atoms with Gasteiger partial charge in [-0.25, -0.2) is 4.68 Å². The number of nitrogens with zero attached hydrogens (tertiary/aromatic N) is 2. The van der Waals surface area contributed by atoms with Crippen LogP contribution in [0.3, 0.4) is 0 Å². The average molecular weight is 330 g/mol. The van der Waals surface area contributed by atoms with E-state index in [0.29, 0.717) is 17.6 Å². The van der Waals surface area contributed by atoms with Crippen molar-refractivity contribution in [2.24, 2.45) is 0 Å². The van der Waals surface area contributed by atoms with Crippen LogP contribution < -0.4 is 11.3 Å². The first kappa shape index (κ1) is 12.9. The van der Waals surface area contributed by atoms with Gasteiger partial charge in [0.15, 0.2) is 0 Å². The van der Waals surface area contributed by atoms with Crippen molar-refractivity contribution < 1.29 is 0 Å². The number of rotatable bonds is 2. The number of benzene rings is 2. The summed E-state index contributed by atoms with van der Waals surface area (Å²) in [6, 6.07) is 13.0. The first-order valence-electron chi connectivity index (χ1n) is 6.14. The van der Waals surface area contributed by atoms with Gasteiger partial charge in [0, 0.05) is 15.5 Å². The third kappa shape index (κ3) is 2.20. The minimum atomic E-state index is -0.0996. The molecule has 4 nitrogen and oxygen atoms in total. The fraction of sp³-hybridized carbons (Fsp3) is 0.0667. The van der Waals surface area contributed by atoms with Gasteiger partial charge in [-0.05, 0) is 33.6 Å². The third-order valence-corrected chi connectivity index (χ3v) is 4.16. The first-order chi connectivity index (χ1) is 9.66. The lowest BCUT2D eigenvalue weighted by Crippen LogP contribution is -2.23. The van der Waals surface area contributed by atoms with Gasteiger partial charge in [-0.2, -0.15) is 5.10 Å². The molecule has 1 aromatic heterocycles. The van der Waals surface area contributed by atoms with Gasteiger partial charge in [-0.15, -0.1) is 0 Å². The Morgan fingerprint density at radius 1 is 1.15 bits per heavy atom. The molecule has 0 fully saturated rings. The molecule has 0 saturated carbocycles. The molecule has 100 valence electrons. The zero-order chi connectivity index (χ0) is 14.1. The van der Waals surface area contributed by atoms with Crippen LogP contribution in [0.4, 0.5) is 5.69 Å². The monoisotopic (exact) mass is 329 g/mol. The minimum absolute atomic E-state index is 0.0996. The van der Waals surface area contributed by atoms with Gasteiger partial charge in [0.25, 0.3) is 5.56 Å². The van der Waals surface area contributed by atoms with Crippen molar-refractivity contribution in [1.29, 1.82) is 0 Å². The van der Waals surface area contributed by atoms with Gasteiger partial charge in [-0.1, -0.05) is 30.3 Å². The van der Waals surface area contributed by atoms with Gasteiger partial charge in [0.2, 0.25) is 0 Å². The predicted octanol–water partition coefficient (Wildman–Crippen LogP) is 2.79. The van der Waals surface area contributed by atoms with Crippen LogP contribution >= 0.6 is 15.9 Å². The van der Waals surface area contributed by atoms with E-state index in [4.69, 9.17) is 5.73 Å². The number of hydrogen-bond acceptors (Lipinski definition) is 3. The Bertz CT molecular complexity index is 842. The van der Waals surface area contributed by atoms with Crippen LogP contribution in [0.1, 0.15) is 5.56 Å². The lowest BCUT2D eigenvalue weighted by molar-refractivity contribution is 0.646. The molecule has 5 heteroatoms. The molecule has 3 aromatic rings. The Labute approximate surface area is 124 Å². The molecule has 0 amide bonds. The molecular weight excluding hydrogens is 318 g/mol. The quantitative estimate of drug-likeness (QED) is 0.735. The molecule has 20 heavy (non-hydrogen) atoms. The molecule has 0 atom stereocenters. The van der Waals surface area contributed by atoms with Crippen molar-refractivity contribution in [2.45, 2.75) is 6.54 Å². The highest BCUT2D eigenvalue weighted by atomic mass is 79.9. The smallest absolute Gasteiger partial charge is 0.274 e. The Hall–Kier alpha value is -2.14. The first-order valence-corrected chi connectivity index (χ1v) is 6.94. The van der Waals surface area contributed by atoms with E-state index in [2.05, 4.69) is 21.0 Å². The van der Waals surface area contributed by atoms with E-state index in [1.54, 1.807) is 6.20 Å². The highest BCUT2D eigenvalue weighted by molar-refractivity contribution is 9.10. The predicted molar refractivity (Wildman–Crippen MR) is 83.7 cm³/mol. The lowest BCUT2D eigenvalue weighted by atomic mass is 10.2. The highest BCUT2D eigenvalue weighted by Gasteiger charge is 2.07. The number of nitrogen functional groups attached to an aromatic ring is 1. The van der Waals surface area contributed by atoms with Gasteiger partial charge in [0.05, 0.1) is 18.1 Å². The fourth-order valence-corrected chi connectivity index (χ4v) is 2.51. The molecule has 0 radical (unpaired) electrons. The number of nitrogens with two attached hydrogens (primary N) is 1. The summed E-state index contributed by atoms with van der Waals surface area (Å²) in [7, 11) is 0. The van der Waals surface area contributed by atoms with E-state index in [9.17, 15) is 4.79 Å². The van der Waals surface area contributed by atoms with Crippen LogP contribution in [0.25, 0.3) is 10.8 Å². The normalized spacial score (nSPS) is 10.8. The molecule has 3 rings (SSSR count). The third-order valence-electron chi connectivity index (χ3n) is 3.19. The molecule has 0 aliphatic rings. The number of anilines is 1. The van der Waals surface area contributed by atoms with Crippen molar-refractivity contribution >= 4 is 32.4 Å². The maximum atomic E-state index is 12.4. The molecule has 0 bridgehead atoms. The van der Waals surface area contributed by atoms with E-state index >= 15 is 0 Å². The van der Waals surface area contributed by atoms with Crippen LogP contribution in [0.15, 0.2) is 57.9 Å². The van der Waals surface area contributed by atoms with Crippen molar-refractivity contribution in [3.8, 4) is 0 Å². The van der Waals surface area contributed by atoms with E-state index in [1.165, 1.54) is 4.68 Å². The van der Waals surface area contributed by atoms with Crippen LogP contribution in [-0.2, 0) is 6.54 Å². The van der Waals surface area contributed by atoms with Crippen molar-refractivity contribution in [2.75, 3.05) is 5.73 Å². The maximum absolute atomic E-state index is 12.4. The summed E-state index contributed by atoms with van der Waals surface area (Å²) >= 11 is 3.44. The van der Waals surface area contributed by atoms with Gasteiger partial charge in [0.1, 0.15) is 0 Å². The van der Waals surface area contributed by atoms with Crippen LogP contribution in [0, 0.1) is 0 Å². The second-order valence-corrected chi connectivity index (χ2v) is 5.31. The van der Waals surface area contributed by atoms with Crippen LogP contribution in [0.5, 0.6) is 0 Å². The minimum Gasteiger partial charge on any atom is -0.398 e. The van der Waals surface area contributed by atoms with E-state index in [1.807, 2.05) is 42.5 Å². The summed E-state index contributed by atoms with van der Waals surface area (Å²) in [6.07, 6.45) is 1.71. The molecule has 2 aromatic carbocycles. The Balaban J connectivity index is 2.10.